The van der Waals surface area contributed by atoms with Gasteiger partial charge in [-0.05, 0) is 25.7 Å². The predicted molar refractivity (Wildman–Crippen MR) is 56.5 cm³/mol. The monoisotopic (exact) mass is 228 g/mol. The molecule has 0 heterocycles. The van der Waals surface area contributed by atoms with Crippen LogP contribution in [0.4, 0.5) is 4.39 Å². The van der Waals surface area contributed by atoms with Crippen LogP contribution < -0.4 is 10.6 Å². The van der Waals surface area contributed by atoms with Crippen molar-refractivity contribution >= 4 is 11.8 Å². The molecule has 2 N–H and O–H groups in total. The first-order valence-corrected chi connectivity index (χ1v) is 5.92. The van der Waals surface area contributed by atoms with Crippen LogP contribution in [0.15, 0.2) is 0 Å². The zero-order valence-electron chi connectivity index (χ0n) is 9.17. The molecular weight excluding hydrogens is 211 g/mol. The summed E-state index contributed by atoms with van der Waals surface area (Å²) in [6.07, 6.45) is 3.75. The summed E-state index contributed by atoms with van der Waals surface area (Å²) >= 11 is 0. The van der Waals surface area contributed by atoms with Gasteiger partial charge in [0.25, 0.3) is 0 Å². The Morgan fingerprint density at radius 1 is 0.938 bits per heavy atom. The topological polar surface area (TPSA) is 58.2 Å². The van der Waals surface area contributed by atoms with E-state index in [0.717, 1.165) is 25.7 Å². The highest BCUT2D eigenvalue weighted by Gasteiger charge is 2.30. The average molecular weight is 228 g/mol. The molecule has 0 aromatic heterocycles. The van der Waals surface area contributed by atoms with E-state index in [4.69, 9.17) is 0 Å². The molecule has 0 aliphatic heterocycles. The molecule has 2 aliphatic rings. The van der Waals surface area contributed by atoms with Crippen LogP contribution in [0.1, 0.15) is 38.5 Å². The lowest BCUT2D eigenvalue weighted by atomic mass is 9.93. The van der Waals surface area contributed by atoms with E-state index < -0.39 is 24.0 Å². The fourth-order valence-electron chi connectivity index (χ4n) is 1.96. The van der Waals surface area contributed by atoms with Crippen molar-refractivity contribution in [3.8, 4) is 0 Å². The minimum Gasteiger partial charge on any atom is -0.345 e. The highest BCUT2D eigenvalue weighted by Crippen LogP contribution is 2.21. The Morgan fingerprint density at radius 3 is 2.19 bits per heavy atom. The van der Waals surface area contributed by atoms with Crippen molar-refractivity contribution in [3.05, 3.63) is 0 Å². The number of carbonyl (C=O) groups excluding carboxylic acids is 2. The second kappa shape index (κ2) is 4.80. The van der Waals surface area contributed by atoms with Gasteiger partial charge in [0.05, 0.1) is 6.04 Å². The average Bonchev–Trinajstić information content (AvgIpc) is 3.05. The molecule has 5 heteroatoms. The summed E-state index contributed by atoms with van der Waals surface area (Å²) in [6.45, 7) is 0. The van der Waals surface area contributed by atoms with Gasteiger partial charge < -0.3 is 10.6 Å². The maximum absolute atomic E-state index is 13.4. The molecule has 0 spiro atoms. The predicted octanol–water partition coefficient (Wildman–Crippen LogP) is 0.662. The zero-order chi connectivity index (χ0) is 11.5. The Kier molecular flexibility index (Phi) is 3.41. The van der Waals surface area contributed by atoms with Crippen LogP contribution >= 0.6 is 0 Å². The number of alkyl halides is 1. The molecule has 0 radical (unpaired) electrons. The van der Waals surface area contributed by atoms with Crippen molar-refractivity contribution in [3.63, 3.8) is 0 Å². The lowest BCUT2D eigenvalue weighted by molar-refractivity contribution is -0.140. The van der Waals surface area contributed by atoms with Crippen LogP contribution in [-0.2, 0) is 9.59 Å². The molecule has 2 atom stereocenters. The van der Waals surface area contributed by atoms with Crippen LogP contribution in [0.25, 0.3) is 0 Å². The highest BCUT2D eigenvalue weighted by molar-refractivity contribution is 6.35. The van der Waals surface area contributed by atoms with Crippen molar-refractivity contribution in [2.75, 3.05) is 0 Å². The van der Waals surface area contributed by atoms with Crippen molar-refractivity contribution in [2.45, 2.75) is 56.8 Å². The van der Waals surface area contributed by atoms with E-state index >= 15 is 0 Å². The molecule has 90 valence electrons. The van der Waals surface area contributed by atoms with E-state index in [1.165, 1.54) is 0 Å². The third-order valence-electron chi connectivity index (χ3n) is 3.12. The normalized spacial score (nSPS) is 29.6. The van der Waals surface area contributed by atoms with Gasteiger partial charge in [0.1, 0.15) is 6.17 Å². The van der Waals surface area contributed by atoms with Crippen LogP contribution in [0.3, 0.4) is 0 Å². The molecule has 0 aromatic carbocycles. The summed E-state index contributed by atoms with van der Waals surface area (Å²) in [5.41, 5.74) is 0. The van der Waals surface area contributed by atoms with Crippen molar-refractivity contribution in [1.29, 1.82) is 0 Å². The number of rotatable bonds is 2. The van der Waals surface area contributed by atoms with Crippen molar-refractivity contribution in [2.24, 2.45) is 0 Å². The Balaban J connectivity index is 1.78. The number of amides is 2. The summed E-state index contributed by atoms with van der Waals surface area (Å²) in [6, 6.07) is -0.322. The number of nitrogens with one attached hydrogen (secondary N) is 2. The number of carbonyl (C=O) groups is 2. The molecule has 2 saturated carbocycles. The number of halogens is 1. The van der Waals surface area contributed by atoms with Gasteiger partial charge >= 0.3 is 11.8 Å². The Labute approximate surface area is 94.0 Å². The molecule has 4 nitrogen and oxygen atoms in total. The van der Waals surface area contributed by atoms with E-state index in [0.29, 0.717) is 12.8 Å². The minimum absolute atomic E-state index is 0.158. The third-order valence-corrected chi connectivity index (χ3v) is 3.12. The number of hydrogen-bond acceptors (Lipinski definition) is 2. The Hall–Kier alpha value is -1.13. The Bertz CT molecular complexity index is 292. The van der Waals surface area contributed by atoms with E-state index in [2.05, 4.69) is 10.6 Å². The van der Waals surface area contributed by atoms with Crippen molar-refractivity contribution < 1.29 is 14.0 Å². The van der Waals surface area contributed by atoms with Gasteiger partial charge in [-0.25, -0.2) is 4.39 Å². The quantitative estimate of drug-likeness (QED) is 0.682. The van der Waals surface area contributed by atoms with Gasteiger partial charge in [-0.15, -0.1) is 0 Å². The van der Waals surface area contributed by atoms with E-state index in [1.807, 2.05) is 0 Å². The first-order valence-electron chi connectivity index (χ1n) is 5.92. The maximum Gasteiger partial charge on any atom is 0.309 e. The van der Waals surface area contributed by atoms with Gasteiger partial charge in [-0.1, -0.05) is 12.8 Å². The van der Waals surface area contributed by atoms with Gasteiger partial charge in [0.15, 0.2) is 0 Å². The van der Waals surface area contributed by atoms with Crippen LogP contribution in [0.2, 0.25) is 0 Å². The van der Waals surface area contributed by atoms with Gasteiger partial charge in [0.2, 0.25) is 0 Å². The molecule has 0 unspecified atom stereocenters. The fourth-order valence-corrected chi connectivity index (χ4v) is 1.96. The van der Waals surface area contributed by atoms with Crippen molar-refractivity contribution in [1.82, 2.24) is 10.6 Å². The molecule has 2 amide bonds. The van der Waals surface area contributed by atoms with E-state index in [9.17, 15) is 14.0 Å². The molecule has 0 aromatic rings. The molecule has 2 fully saturated rings. The smallest absolute Gasteiger partial charge is 0.309 e. The van der Waals surface area contributed by atoms with Gasteiger partial charge in [0, 0.05) is 6.04 Å². The molecule has 0 saturated heterocycles. The molecule has 2 rings (SSSR count). The summed E-state index contributed by atoms with van der Waals surface area (Å²) in [5.74, 6) is -1.32. The van der Waals surface area contributed by atoms with Crippen LogP contribution in [0, 0.1) is 0 Å². The standard InChI is InChI=1S/C11H17FN2O2/c12-8-3-1-2-4-9(8)14-11(16)10(15)13-7-5-6-7/h7-9H,1-6H2,(H,13,15)(H,14,16)/t8-,9-/m1/s1. The summed E-state index contributed by atoms with van der Waals surface area (Å²) < 4.78 is 13.4. The maximum atomic E-state index is 13.4. The third kappa shape index (κ3) is 2.93. The van der Waals surface area contributed by atoms with E-state index in [1.54, 1.807) is 0 Å². The summed E-state index contributed by atoms with van der Waals surface area (Å²) in [5, 5.41) is 5.06. The highest BCUT2D eigenvalue weighted by atomic mass is 19.1. The largest absolute Gasteiger partial charge is 0.345 e. The van der Waals surface area contributed by atoms with Crippen LogP contribution in [-0.4, -0.2) is 30.1 Å². The fraction of sp³-hybridized carbons (Fsp3) is 0.818. The summed E-state index contributed by atoms with van der Waals surface area (Å²) in [4.78, 5) is 22.8. The molecule has 2 aliphatic carbocycles. The molecule has 16 heavy (non-hydrogen) atoms. The van der Waals surface area contributed by atoms with Gasteiger partial charge in [-0.2, -0.15) is 0 Å². The lowest BCUT2D eigenvalue weighted by Crippen LogP contribution is -2.49. The SMILES string of the molecule is O=C(NC1CC1)C(=O)N[C@@H]1CCCC[C@H]1F. The molecule has 0 bridgehead atoms. The second-order valence-corrected chi connectivity index (χ2v) is 4.63. The van der Waals surface area contributed by atoms with E-state index in [-0.39, 0.29) is 6.04 Å². The van der Waals surface area contributed by atoms with Gasteiger partial charge in [-0.3, -0.25) is 9.59 Å². The summed E-state index contributed by atoms with van der Waals surface area (Å²) in [7, 11) is 0. The zero-order valence-corrected chi connectivity index (χ0v) is 9.17. The first-order chi connectivity index (χ1) is 7.66. The minimum atomic E-state index is -1.01. The Morgan fingerprint density at radius 2 is 1.56 bits per heavy atom. The first kappa shape index (κ1) is 11.4. The molecular formula is C11H17FN2O2. The van der Waals surface area contributed by atoms with Crippen LogP contribution in [0.5, 0.6) is 0 Å². The lowest BCUT2D eigenvalue weighted by Gasteiger charge is -2.26. The second-order valence-electron chi connectivity index (χ2n) is 4.63. The number of hydrogen-bond donors (Lipinski definition) is 2.